The molecule has 2 heterocycles. The first-order valence-electron chi connectivity index (χ1n) is 5.49. The molecule has 7 heteroatoms. The minimum absolute atomic E-state index is 0.116. The Morgan fingerprint density at radius 1 is 1.37 bits per heavy atom. The third-order valence-electron chi connectivity index (χ3n) is 2.27. The molecule has 0 aromatic carbocycles. The van der Waals surface area contributed by atoms with Crippen LogP contribution in [0.5, 0.6) is 0 Å². The monoisotopic (exact) mass is 309 g/mol. The van der Waals surface area contributed by atoms with Crippen molar-refractivity contribution in [2.75, 3.05) is 5.75 Å². The van der Waals surface area contributed by atoms with Gasteiger partial charge in [-0.2, -0.15) is 5.26 Å². The summed E-state index contributed by atoms with van der Waals surface area (Å²) in [6, 6.07) is 2.04. The summed E-state index contributed by atoms with van der Waals surface area (Å²) in [5.74, 6) is -0.619. The molecule has 0 N–H and O–H groups in total. The van der Waals surface area contributed by atoms with Crippen LogP contribution in [0, 0.1) is 25.2 Å². The van der Waals surface area contributed by atoms with Gasteiger partial charge < -0.3 is 0 Å². The summed E-state index contributed by atoms with van der Waals surface area (Å²) in [6.45, 7) is 3.77. The van der Waals surface area contributed by atoms with Crippen molar-refractivity contribution in [2.45, 2.75) is 24.1 Å². The second-order valence-corrected chi connectivity index (χ2v) is 6.87. The summed E-state index contributed by atoms with van der Waals surface area (Å²) >= 11 is 4.25. The molecule has 0 spiro atoms. The predicted octanol–water partition coefficient (Wildman–Crippen LogP) is 3.19. The molecule has 98 valence electrons. The molecule has 1 atom stereocenters. The van der Waals surface area contributed by atoms with E-state index in [0.717, 1.165) is 15.7 Å². The number of carbonyl (C=O) groups is 1. The van der Waals surface area contributed by atoms with Crippen molar-refractivity contribution >= 4 is 40.2 Å². The molecule has 19 heavy (non-hydrogen) atoms. The fourth-order valence-corrected chi connectivity index (χ4v) is 4.00. The summed E-state index contributed by atoms with van der Waals surface area (Å²) in [6.07, 6.45) is 0. The van der Waals surface area contributed by atoms with E-state index in [1.54, 1.807) is 0 Å². The van der Waals surface area contributed by atoms with E-state index in [1.807, 2.05) is 30.7 Å². The molecule has 0 saturated heterocycles. The Labute approximate surface area is 123 Å². The fraction of sp³-hybridized carbons (Fsp3) is 0.333. The van der Waals surface area contributed by atoms with Crippen LogP contribution in [-0.4, -0.2) is 21.5 Å². The van der Waals surface area contributed by atoms with Crippen molar-refractivity contribution in [1.29, 1.82) is 5.26 Å². The third kappa shape index (κ3) is 3.62. The van der Waals surface area contributed by atoms with E-state index >= 15 is 0 Å². The summed E-state index contributed by atoms with van der Waals surface area (Å²) < 4.78 is 0.859. The molecule has 0 fully saturated rings. The number of hydrogen-bond acceptors (Lipinski definition) is 7. The number of Topliss-reactive ketones (excluding diaryl/α,β-unsaturated/α-hetero) is 1. The normalized spacial score (nSPS) is 12.1. The zero-order chi connectivity index (χ0) is 13.8. The minimum atomic E-state index is -0.757. The lowest BCUT2D eigenvalue weighted by atomic mass is 10.1. The van der Waals surface area contributed by atoms with Gasteiger partial charge in [0.1, 0.15) is 5.01 Å². The number of rotatable bonds is 5. The van der Waals surface area contributed by atoms with Gasteiger partial charge in [-0.1, -0.05) is 11.8 Å². The van der Waals surface area contributed by atoms with Gasteiger partial charge in [0.15, 0.2) is 16.0 Å². The molecule has 4 nitrogen and oxygen atoms in total. The van der Waals surface area contributed by atoms with Crippen molar-refractivity contribution < 1.29 is 4.79 Å². The number of aryl methyl sites for hydroxylation is 2. The average molecular weight is 309 g/mol. The lowest BCUT2D eigenvalue weighted by molar-refractivity contribution is -0.116. The van der Waals surface area contributed by atoms with Crippen molar-refractivity contribution in [3.05, 3.63) is 27.2 Å². The Balaban J connectivity index is 2.00. The smallest absolute Gasteiger partial charge is 0.167 e. The predicted molar refractivity (Wildman–Crippen MR) is 77.8 cm³/mol. The molecule has 0 radical (unpaired) electrons. The quantitative estimate of drug-likeness (QED) is 0.794. The van der Waals surface area contributed by atoms with Crippen molar-refractivity contribution in [2.24, 2.45) is 0 Å². The van der Waals surface area contributed by atoms with Gasteiger partial charge in [0.25, 0.3) is 0 Å². The molecular formula is C12H11N3OS3. The maximum atomic E-state index is 12.1. The summed E-state index contributed by atoms with van der Waals surface area (Å²) in [5.41, 5.74) is 1.79. The second kappa shape index (κ2) is 6.28. The van der Waals surface area contributed by atoms with Gasteiger partial charge in [-0.25, -0.2) is 9.97 Å². The Morgan fingerprint density at radius 3 is 2.58 bits per heavy atom. The van der Waals surface area contributed by atoms with E-state index in [4.69, 9.17) is 5.26 Å². The number of nitrogens with zero attached hydrogens (tertiary/aromatic N) is 3. The standard InChI is InChI=1S/C12H11N3OS3/c1-7-4-17-11(14-7)9(3-13)10(16)6-19-12-15-8(2)5-18-12/h4-5,9H,6H2,1-2H3/t9-/m0/s1. The van der Waals surface area contributed by atoms with E-state index in [0.29, 0.717) is 5.01 Å². The number of thioether (sulfide) groups is 1. The third-order valence-corrected chi connectivity index (χ3v) is 5.46. The van der Waals surface area contributed by atoms with E-state index in [9.17, 15) is 4.79 Å². The summed E-state index contributed by atoms with van der Waals surface area (Å²) in [4.78, 5) is 20.6. The zero-order valence-electron chi connectivity index (χ0n) is 10.4. The van der Waals surface area contributed by atoms with Gasteiger partial charge in [0.2, 0.25) is 0 Å². The highest BCUT2D eigenvalue weighted by Crippen LogP contribution is 2.26. The van der Waals surface area contributed by atoms with Crippen LogP contribution in [0.1, 0.15) is 22.3 Å². The number of hydrogen-bond donors (Lipinski definition) is 0. The molecule has 2 aromatic heterocycles. The fourth-order valence-electron chi connectivity index (χ4n) is 1.38. The largest absolute Gasteiger partial charge is 0.297 e. The molecule has 0 saturated carbocycles. The van der Waals surface area contributed by atoms with Gasteiger partial charge in [0.05, 0.1) is 11.8 Å². The SMILES string of the molecule is Cc1csc(SCC(=O)[C@H](C#N)c2nc(C)cs2)n1. The van der Waals surface area contributed by atoms with Crippen LogP contribution in [0.2, 0.25) is 0 Å². The molecule has 0 aliphatic heterocycles. The Morgan fingerprint density at radius 2 is 2.05 bits per heavy atom. The summed E-state index contributed by atoms with van der Waals surface area (Å²) in [7, 11) is 0. The highest BCUT2D eigenvalue weighted by atomic mass is 32.2. The van der Waals surface area contributed by atoms with Crippen LogP contribution in [0.4, 0.5) is 0 Å². The van der Waals surface area contributed by atoms with Crippen molar-refractivity contribution in [3.63, 3.8) is 0 Å². The minimum Gasteiger partial charge on any atom is -0.297 e. The van der Waals surface area contributed by atoms with E-state index < -0.39 is 5.92 Å². The van der Waals surface area contributed by atoms with Crippen LogP contribution in [0.3, 0.4) is 0 Å². The van der Waals surface area contributed by atoms with Crippen LogP contribution in [0.15, 0.2) is 15.1 Å². The lowest BCUT2D eigenvalue weighted by Gasteiger charge is -2.03. The molecular weight excluding hydrogens is 298 g/mol. The number of carbonyl (C=O) groups excluding carboxylic acids is 1. The van der Waals surface area contributed by atoms with Gasteiger partial charge in [-0.3, -0.25) is 4.79 Å². The number of thiazole rings is 2. The van der Waals surface area contributed by atoms with Crippen LogP contribution in [-0.2, 0) is 4.79 Å². The highest BCUT2D eigenvalue weighted by molar-refractivity contribution is 8.01. The molecule has 0 amide bonds. The van der Waals surface area contributed by atoms with Gasteiger partial charge in [0, 0.05) is 22.1 Å². The topological polar surface area (TPSA) is 66.6 Å². The molecule has 2 aromatic rings. The first-order chi connectivity index (χ1) is 9.10. The first kappa shape index (κ1) is 14.2. The van der Waals surface area contributed by atoms with E-state index in [2.05, 4.69) is 9.97 Å². The highest BCUT2D eigenvalue weighted by Gasteiger charge is 2.23. The summed E-state index contributed by atoms with van der Waals surface area (Å²) in [5, 5.41) is 13.5. The van der Waals surface area contributed by atoms with Gasteiger partial charge in [-0.05, 0) is 13.8 Å². The molecule has 0 aliphatic rings. The first-order valence-corrected chi connectivity index (χ1v) is 8.24. The molecule has 0 unspecified atom stereocenters. The number of aromatic nitrogens is 2. The van der Waals surface area contributed by atoms with Crippen molar-refractivity contribution in [3.8, 4) is 6.07 Å². The molecule has 0 aliphatic carbocycles. The number of ketones is 1. The second-order valence-electron chi connectivity index (χ2n) is 3.90. The maximum Gasteiger partial charge on any atom is 0.167 e. The lowest BCUT2D eigenvalue weighted by Crippen LogP contribution is -2.13. The van der Waals surface area contributed by atoms with E-state index in [1.165, 1.54) is 34.4 Å². The Hall–Kier alpha value is -1.23. The average Bonchev–Trinajstić information content (AvgIpc) is 2.97. The van der Waals surface area contributed by atoms with E-state index in [-0.39, 0.29) is 11.5 Å². The molecule has 2 rings (SSSR count). The molecule has 0 bridgehead atoms. The van der Waals surface area contributed by atoms with Gasteiger partial charge in [-0.15, -0.1) is 22.7 Å². The van der Waals surface area contributed by atoms with Gasteiger partial charge >= 0.3 is 0 Å². The Kier molecular flexibility index (Phi) is 4.69. The van der Waals surface area contributed by atoms with Crippen molar-refractivity contribution in [1.82, 2.24) is 9.97 Å². The van der Waals surface area contributed by atoms with Crippen LogP contribution >= 0.6 is 34.4 Å². The number of nitriles is 1. The maximum absolute atomic E-state index is 12.1. The van der Waals surface area contributed by atoms with Crippen LogP contribution in [0.25, 0.3) is 0 Å². The Bertz CT molecular complexity index is 626. The van der Waals surface area contributed by atoms with Crippen LogP contribution < -0.4 is 0 Å². The zero-order valence-corrected chi connectivity index (χ0v) is 12.9.